The Morgan fingerprint density at radius 2 is 1.67 bits per heavy atom. The molecule has 0 heterocycles. The second-order valence-electron chi connectivity index (χ2n) is 7.25. The van der Waals surface area contributed by atoms with E-state index in [1.54, 1.807) is 0 Å². The third-order valence-corrected chi connectivity index (χ3v) is 4.99. The highest BCUT2D eigenvalue weighted by atomic mass is 19.1. The zero-order valence-electron chi connectivity index (χ0n) is 14.8. The van der Waals surface area contributed by atoms with E-state index in [-0.39, 0.29) is 5.92 Å². The second-order valence-corrected chi connectivity index (χ2v) is 7.25. The molecule has 1 saturated carbocycles. The van der Waals surface area contributed by atoms with Crippen LogP contribution >= 0.6 is 0 Å². The number of rotatable bonds is 8. The molecule has 128 valence electrons. The molecular weight excluding hydrogens is 297 g/mol. The van der Waals surface area contributed by atoms with E-state index in [2.05, 4.69) is 73.3 Å². The first-order valence-electron chi connectivity index (χ1n) is 9.14. The Bertz CT molecular complexity index is 620. The molecule has 0 aromatic heterocycles. The summed E-state index contributed by atoms with van der Waals surface area (Å²) in [7, 11) is 0. The lowest BCUT2D eigenvalue weighted by atomic mass is 10.0. The molecule has 24 heavy (non-hydrogen) atoms. The van der Waals surface area contributed by atoms with Crippen LogP contribution in [0.25, 0.3) is 0 Å². The first-order valence-corrected chi connectivity index (χ1v) is 9.14. The van der Waals surface area contributed by atoms with Gasteiger partial charge in [-0.05, 0) is 56.3 Å². The molecule has 0 amide bonds. The van der Waals surface area contributed by atoms with Gasteiger partial charge in [-0.2, -0.15) is 0 Å². The molecule has 1 fully saturated rings. The second kappa shape index (κ2) is 7.94. The van der Waals surface area contributed by atoms with E-state index in [9.17, 15) is 4.39 Å². The minimum Gasteiger partial charge on any atom is -0.297 e. The van der Waals surface area contributed by atoms with E-state index in [1.807, 2.05) is 0 Å². The van der Waals surface area contributed by atoms with E-state index >= 15 is 0 Å². The maximum absolute atomic E-state index is 13.1. The fourth-order valence-corrected chi connectivity index (χ4v) is 3.26. The molecule has 1 aliphatic carbocycles. The Hall–Kier alpha value is -1.67. The molecule has 0 aliphatic heterocycles. The number of nitrogens with zero attached hydrogens (tertiary/aromatic N) is 1. The Morgan fingerprint density at radius 1 is 1.00 bits per heavy atom. The maximum atomic E-state index is 13.1. The van der Waals surface area contributed by atoms with Crippen LogP contribution in [-0.2, 0) is 13.0 Å². The number of aryl methyl sites for hydroxylation is 1. The molecule has 0 bridgehead atoms. The number of benzene rings is 2. The molecule has 2 atom stereocenters. The van der Waals surface area contributed by atoms with Gasteiger partial charge >= 0.3 is 0 Å². The summed E-state index contributed by atoms with van der Waals surface area (Å²) in [4.78, 5) is 2.53. The average molecular weight is 325 g/mol. The minimum atomic E-state index is -0.603. The Balaban J connectivity index is 1.48. The largest absolute Gasteiger partial charge is 0.297 e. The fraction of sp³-hybridized carbons (Fsp3) is 0.455. The fourth-order valence-electron chi connectivity index (χ4n) is 3.26. The standard InChI is InChI=1S/C22H28FN/c1-17(2)24(16-19-7-4-3-5-8-19)14-6-9-18-10-12-20(13-11-18)21-15-22(21)23/h3-5,7-8,10-13,17,21-22H,6,9,14-16H2,1-2H3. The van der Waals surface area contributed by atoms with Crippen molar-refractivity contribution in [1.29, 1.82) is 0 Å². The quantitative estimate of drug-likeness (QED) is 0.632. The first kappa shape index (κ1) is 17.2. The highest BCUT2D eigenvalue weighted by molar-refractivity contribution is 5.30. The predicted octanol–water partition coefficient (Wildman–Crippen LogP) is 5.36. The molecule has 0 spiro atoms. The predicted molar refractivity (Wildman–Crippen MR) is 99.0 cm³/mol. The average Bonchev–Trinajstić information content (AvgIpc) is 3.32. The van der Waals surface area contributed by atoms with Crippen LogP contribution in [0.5, 0.6) is 0 Å². The third kappa shape index (κ3) is 4.67. The minimum absolute atomic E-state index is 0.168. The van der Waals surface area contributed by atoms with Crippen molar-refractivity contribution < 1.29 is 4.39 Å². The van der Waals surface area contributed by atoms with Crippen molar-refractivity contribution in [2.45, 2.75) is 57.8 Å². The Kier molecular flexibility index (Phi) is 5.68. The van der Waals surface area contributed by atoms with Crippen molar-refractivity contribution in [1.82, 2.24) is 4.90 Å². The van der Waals surface area contributed by atoms with Crippen LogP contribution in [0.1, 0.15) is 49.3 Å². The number of halogens is 1. The number of hydrogen-bond donors (Lipinski definition) is 0. The highest BCUT2D eigenvalue weighted by Gasteiger charge is 2.38. The summed E-state index contributed by atoms with van der Waals surface area (Å²) in [5.74, 6) is 0.168. The van der Waals surface area contributed by atoms with Gasteiger partial charge in [0.2, 0.25) is 0 Å². The van der Waals surface area contributed by atoms with E-state index < -0.39 is 6.17 Å². The van der Waals surface area contributed by atoms with E-state index in [4.69, 9.17) is 0 Å². The molecule has 0 saturated heterocycles. The lowest BCUT2D eigenvalue weighted by Crippen LogP contribution is -2.31. The molecule has 0 N–H and O–H groups in total. The van der Waals surface area contributed by atoms with Crippen LogP contribution < -0.4 is 0 Å². The van der Waals surface area contributed by atoms with Gasteiger partial charge in [-0.15, -0.1) is 0 Å². The van der Waals surface area contributed by atoms with Gasteiger partial charge in [-0.1, -0.05) is 54.6 Å². The number of alkyl halides is 1. The summed E-state index contributed by atoms with van der Waals surface area (Å²) < 4.78 is 13.1. The van der Waals surface area contributed by atoms with Gasteiger partial charge < -0.3 is 0 Å². The topological polar surface area (TPSA) is 3.24 Å². The van der Waals surface area contributed by atoms with Crippen molar-refractivity contribution in [3.8, 4) is 0 Å². The molecule has 2 unspecified atom stereocenters. The van der Waals surface area contributed by atoms with Crippen molar-refractivity contribution in [3.05, 3.63) is 71.3 Å². The Labute approximate surface area is 145 Å². The Morgan fingerprint density at radius 3 is 2.25 bits per heavy atom. The summed E-state index contributed by atoms with van der Waals surface area (Å²) in [5.41, 5.74) is 3.90. The highest BCUT2D eigenvalue weighted by Crippen LogP contribution is 2.43. The molecular formula is C22H28FN. The monoisotopic (exact) mass is 325 g/mol. The molecule has 1 aliphatic rings. The molecule has 0 radical (unpaired) electrons. The van der Waals surface area contributed by atoms with Crippen molar-refractivity contribution >= 4 is 0 Å². The third-order valence-electron chi connectivity index (χ3n) is 4.99. The molecule has 2 aromatic rings. The summed E-state index contributed by atoms with van der Waals surface area (Å²) in [6.07, 6.45) is 2.34. The summed E-state index contributed by atoms with van der Waals surface area (Å²) in [5, 5.41) is 0. The molecule has 2 aromatic carbocycles. The van der Waals surface area contributed by atoms with Crippen molar-refractivity contribution in [3.63, 3.8) is 0 Å². The van der Waals surface area contributed by atoms with Gasteiger partial charge in [-0.25, -0.2) is 4.39 Å². The molecule has 1 nitrogen and oxygen atoms in total. The zero-order chi connectivity index (χ0) is 16.9. The molecule has 3 rings (SSSR count). The zero-order valence-corrected chi connectivity index (χ0v) is 14.8. The van der Waals surface area contributed by atoms with Gasteiger partial charge in [0, 0.05) is 18.5 Å². The summed E-state index contributed by atoms with van der Waals surface area (Å²) in [6.45, 7) is 6.64. The summed E-state index contributed by atoms with van der Waals surface area (Å²) >= 11 is 0. The number of hydrogen-bond acceptors (Lipinski definition) is 1. The van der Waals surface area contributed by atoms with E-state index in [0.717, 1.165) is 25.9 Å². The van der Waals surface area contributed by atoms with Crippen LogP contribution in [0.3, 0.4) is 0 Å². The van der Waals surface area contributed by atoms with Crippen LogP contribution in [0.15, 0.2) is 54.6 Å². The van der Waals surface area contributed by atoms with Gasteiger partial charge in [0.1, 0.15) is 6.17 Å². The summed E-state index contributed by atoms with van der Waals surface area (Å²) in [6, 6.07) is 19.8. The van der Waals surface area contributed by atoms with Crippen molar-refractivity contribution in [2.75, 3.05) is 6.54 Å². The first-order chi connectivity index (χ1) is 11.6. The SMILES string of the molecule is CC(C)N(CCCc1ccc(C2CC2F)cc1)Cc1ccccc1. The maximum Gasteiger partial charge on any atom is 0.108 e. The lowest BCUT2D eigenvalue weighted by molar-refractivity contribution is 0.210. The van der Waals surface area contributed by atoms with Crippen LogP contribution in [0.4, 0.5) is 4.39 Å². The van der Waals surface area contributed by atoms with Crippen molar-refractivity contribution in [2.24, 2.45) is 0 Å². The smallest absolute Gasteiger partial charge is 0.108 e. The van der Waals surface area contributed by atoms with Gasteiger partial charge in [0.25, 0.3) is 0 Å². The van der Waals surface area contributed by atoms with Crippen LogP contribution in [0, 0.1) is 0 Å². The van der Waals surface area contributed by atoms with Crippen LogP contribution in [0.2, 0.25) is 0 Å². The normalized spacial score (nSPS) is 19.9. The van der Waals surface area contributed by atoms with Crippen LogP contribution in [-0.4, -0.2) is 23.7 Å². The van der Waals surface area contributed by atoms with E-state index in [1.165, 1.54) is 16.7 Å². The van der Waals surface area contributed by atoms with Gasteiger partial charge in [-0.3, -0.25) is 4.90 Å². The van der Waals surface area contributed by atoms with Gasteiger partial charge in [0.15, 0.2) is 0 Å². The van der Waals surface area contributed by atoms with Gasteiger partial charge in [0.05, 0.1) is 0 Å². The molecule has 2 heteroatoms. The lowest BCUT2D eigenvalue weighted by Gasteiger charge is -2.26. The van der Waals surface area contributed by atoms with E-state index in [0.29, 0.717) is 12.5 Å².